The fourth-order valence-electron chi connectivity index (χ4n) is 2.84. The Labute approximate surface area is 171 Å². The minimum absolute atomic E-state index is 0.161. The maximum Gasteiger partial charge on any atom is 0.338 e. The molecule has 154 valence electrons. The summed E-state index contributed by atoms with van der Waals surface area (Å²) in [5, 5.41) is 5.62. The van der Waals surface area contributed by atoms with Gasteiger partial charge in [0, 0.05) is 24.3 Å². The number of carbonyl (C=O) groups excluding carboxylic acids is 3. The summed E-state index contributed by atoms with van der Waals surface area (Å²) < 4.78 is 4.71. The average molecular weight is 397 g/mol. The molecule has 0 unspecified atom stereocenters. The molecule has 0 aliphatic rings. The van der Waals surface area contributed by atoms with Crippen LogP contribution in [0, 0.1) is 0 Å². The van der Waals surface area contributed by atoms with Crippen molar-refractivity contribution in [2.45, 2.75) is 13.8 Å². The summed E-state index contributed by atoms with van der Waals surface area (Å²) in [6.07, 6.45) is 0. The molecule has 0 bridgehead atoms. The molecule has 2 N–H and O–H groups in total. The quantitative estimate of drug-likeness (QED) is 0.636. The number of benzene rings is 2. The number of nitrogens with one attached hydrogen (secondary N) is 2. The average Bonchev–Trinajstić information content (AvgIpc) is 2.76. The summed E-state index contributed by atoms with van der Waals surface area (Å²) in [7, 11) is 1.27. The van der Waals surface area contributed by atoms with E-state index in [4.69, 9.17) is 4.74 Å². The van der Waals surface area contributed by atoms with Crippen LogP contribution < -0.4 is 10.6 Å². The van der Waals surface area contributed by atoms with E-state index in [0.717, 1.165) is 19.6 Å². The van der Waals surface area contributed by atoms with Crippen LogP contribution in [0.25, 0.3) is 0 Å². The second-order valence-electron chi connectivity index (χ2n) is 6.35. The molecular formula is C22H27N3O4. The zero-order valence-electron chi connectivity index (χ0n) is 17.0. The maximum absolute atomic E-state index is 12.5. The zero-order valence-corrected chi connectivity index (χ0v) is 17.0. The molecule has 2 aromatic carbocycles. The Morgan fingerprint density at radius 3 is 2.10 bits per heavy atom. The third-order valence-electron chi connectivity index (χ3n) is 4.59. The van der Waals surface area contributed by atoms with Gasteiger partial charge in [0.05, 0.1) is 18.2 Å². The van der Waals surface area contributed by atoms with Crippen molar-refractivity contribution in [3.05, 3.63) is 65.2 Å². The normalized spacial score (nSPS) is 10.5. The number of anilines is 1. The van der Waals surface area contributed by atoms with Gasteiger partial charge in [-0.2, -0.15) is 0 Å². The molecule has 7 heteroatoms. The SMILES string of the molecule is CCN(CC)CCNC(=O)c1ccc(NC(=O)c2ccccc2C(=O)OC)cc1. The van der Waals surface area contributed by atoms with E-state index in [9.17, 15) is 14.4 Å². The van der Waals surface area contributed by atoms with E-state index in [-0.39, 0.29) is 17.0 Å². The van der Waals surface area contributed by atoms with E-state index in [2.05, 4.69) is 29.4 Å². The first-order chi connectivity index (χ1) is 14.0. The number of ether oxygens (including phenoxy) is 1. The Morgan fingerprint density at radius 1 is 0.897 bits per heavy atom. The number of nitrogens with zero attached hydrogens (tertiary/aromatic N) is 1. The van der Waals surface area contributed by atoms with Gasteiger partial charge in [-0.15, -0.1) is 0 Å². The molecule has 0 aliphatic heterocycles. The highest BCUT2D eigenvalue weighted by Crippen LogP contribution is 2.15. The first kappa shape index (κ1) is 22.1. The summed E-state index contributed by atoms with van der Waals surface area (Å²) in [6.45, 7) is 7.43. The topological polar surface area (TPSA) is 87.7 Å². The summed E-state index contributed by atoms with van der Waals surface area (Å²) in [5.74, 6) is -1.17. The van der Waals surface area contributed by atoms with Crippen molar-refractivity contribution in [3.63, 3.8) is 0 Å². The predicted octanol–water partition coefficient (Wildman–Crippen LogP) is 2.80. The Bertz CT molecular complexity index is 845. The number of rotatable bonds is 9. The lowest BCUT2D eigenvalue weighted by Gasteiger charge is -2.18. The van der Waals surface area contributed by atoms with Gasteiger partial charge >= 0.3 is 5.97 Å². The number of hydrogen-bond donors (Lipinski definition) is 2. The highest BCUT2D eigenvalue weighted by atomic mass is 16.5. The molecule has 2 amide bonds. The molecule has 2 rings (SSSR count). The third kappa shape index (κ3) is 6.15. The van der Waals surface area contributed by atoms with E-state index in [1.807, 2.05) is 0 Å². The van der Waals surface area contributed by atoms with Gasteiger partial charge in [0.15, 0.2) is 0 Å². The van der Waals surface area contributed by atoms with Gasteiger partial charge < -0.3 is 20.3 Å². The Morgan fingerprint density at radius 2 is 1.52 bits per heavy atom. The van der Waals surface area contributed by atoms with Crippen molar-refractivity contribution in [2.24, 2.45) is 0 Å². The fourth-order valence-corrected chi connectivity index (χ4v) is 2.84. The van der Waals surface area contributed by atoms with Crippen LogP contribution in [-0.4, -0.2) is 56.0 Å². The first-order valence-corrected chi connectivity index (χ1v) is 9.59. The lowest BCUT2D eigenvalue weighted by atomic mass is 10.1. The Balaban J connectivity index is 1.98. The third-order valence-corrected chi connectivity index (χ3v) is 4.59. The molecule has 0 fully saturated rings. The minimum atomic E-state index is -0.576. The number of carbonyl (C=O) groups is 3. The lowest BCUT2D eigenvalue weighted by molar-refractivity contribution is 0.0597. The fraction of sp³-hybridized carbons (Fsp3) is 0.318. The standard InChI is InChI=1S/C22H27N3O4/c1-4-25(5-2)15-14-23-20(26)16-10-12-17(13-11-16)24-21(27)18-8-6-7-9-19(18)22(28)29-3/h6-13H,4-5,14-15H2,1-3H3,(H,23,26)(H,24,27). The number of amides is 2. The number of likely N-dealkylation sites (N-methyl/N-ethyl adjacent to an activating group) is 1. The molecule has 0 aliphatic carbocycles. The summed E-state index contributed by atoms with van der Waals surface area (Å²) in [4.78, 5) is 38.8. The summed E-state index contributed by atoms with van der Waals surface area (Å²) in [5.41, 5.74) is 1.45. The molecule has 0 atom stereocenters. The monoisotopic (exact) mass is 397 g/mol. The smallest absolute Gasteiger partial charge is 0.338 e. The molecule has 7 nitrogen and oxygen atoms in total. The van der Waals surface area contributed by atoms with Gasteiger partial charge in [0.2, 0.25) is 0 Å². The van der Waals surface area contributed by atoms with Crippen molar-refractivity contribution in [1.82, 2.24) is 10.2 Å². The van der Waals surface area contributed by atoms with Crippen LogP contribution in [0.15, 0.2) is 48.5 Å². The van der Waals surface area contributed by atoms with Crippen LogP contribution >= 0.6 is 0 Å². The number of esters is 1. The van der Waals surface area contributed by atoms with Crippen LogP contribution in [0.3, 0.4) is 0 Å². The van der Waals surface area contributed by atoms with Crippen LogP contribution in [0.5, 0.6) is 0 Å². The van der Waals surface area contributed by atoms with Gasteiger partial charge in [-0.3, -0.25) is 9.59 Å². The maximum atomic E-state index is 12.5. The number of hydrogen-bond acceptors (Lipinski definition) is 5. The van der Waals surface area contributed by atoms with Crippen molar-refractivity contribution in [2.75, 3.05) is 38.6 Å². The molecule has 0 saturated heterocycles. The highest BCUT2D eigenvalue weighted by molar-refractivity contribution is 6.11. The van der Waals surface area contributed by atoms with Crippen LogP contribution in [0.1, 0.15) is 44.9 Å². The van der Waals surface area contributed by atoms with Gasteiger partial charge in [-0.1, -0.05) is 26.0 Å². The van der Waals surface area contributed by atoms with Crippen LogP contribution in [0.4, 0.5) is 5.69 Å². The second-order valence-corrected chi connectivity index (χ2v) is 6.35. The lowest BCUT2D eigenvalue weighted by Crippen LogP contribution is -2.34. The zero-order chi connectivity index (χ0) is 21.2. The molecule has 0 aromatic heterocycles. The molecular weight excluding hydrogens is 370 g/mol. The van der Waals surface area contributed by atoms with E-state index in [1.54, 1.807) is 42.5 Å². The largest absolute Gasteiger partial charge is 0.465 e. The molecule has 0 radical (unpaired) electrons. The molecule has 0 saturated carbocycles. The van der Waals surface area contributed by atoms with E-state index in [0.29, 0.717) is 17.8 Å². The first-order valence-electron chi connectivity index (χ1n) is 9.59. The van der Waals surface area contributed by atoms with Crippen molar-refractivity contribution >= 4 is 23.5 Å². The Kier molecular flexibility index (Phi) is 8.36. The summed E-state index contributed by atoms with van der Waals surface area (Å²) in [6, 6.07) is 13.0. The van der Waals surface area contributed by atoms with Crippen molar-refractivity contribution in [3.8, 4) is 0 Å². The molecule has 0 heterocycles. The van der Waals surface area contributed by atoms with Crippen molar-refractivity contribution in [1.29, 1.82) is 0 Å². The van der Waals surface area contributed by atoms with Gasteiger partial charge in [0.25, 0.3) is 11.8 Å². The predicted molar refractivity (Wildman–Crippen MR) is 112 cm³/mol. The van der Waals surface area contributed by atoms with Crippen LogP contribution in [-0.2, 0) is 4.74 Å². The van der Waals surface area contributed by atoms with E-state index in [1.165, 1.54) is 13.2 Å². The van der Waals surface area contributed by atoms with Gasteiger partial charge in [-0.25, -0.2) is 4.79 Å². The number of methoxy groups -OCH3 is 1. The molecule has 2 aromatic rings. The van der Waals surface area contributed by atoms with Crippen molar-refractivity contribution < 1.29 is 19.1 Å². The molecule has 0 spiro atoms. The molecule has 29 heavy (non-hydrogen) atoms. The minimum Gasteiger partial charge on any atom is -0.465 e. The van der Waals surface area contributed by atoms with E-state index >= 15 is 0 Å². The Hall–Kier alpha value is -3.19. The second kappa shape index (κ2) is 11.0. The summed E-state index contributed by atoms with van der Waals surface area (Å²) >= 11 is 0. The van der Waals surface area contributed by atoms with Crippen LogP contribution in [0.2, 0.25) is 0 Å². The van der Waals surface area contributed by atoms with Gasteiger partial charge in [-0.05, 0) is 49.5 Å². The van der Waals surface area contributed by atoms with E-state index < -0.39 is 11.9 Å². The highest BCUT2D eigenvalue weighted by Gasteiger charge is 2.17. The van der Waals surface area contributed by atoms with Gasteiger partial charge in [0.1, 0.15) is 0 Å².